The van der Waals surface area contributed by atoms with Gasteiger partial charge < -0.3 is 19.5 Å². The number of phenols is 1. The molecule has 9 heteroatoms. The molecule has 1 aliphatic rings. The average molecular weight is 399 g/mol. The molecule has 2 aromatic carbocycles. The van der Waals surface area contributed by atoms with E-state index < -0.39 is 11.7 Å². The molecule has 1 unspecified atom stereocenters. The van der Waals surface area contributed by atoms with Crippen molar-refractivity contribution in [2.45, 2.75) is 18.3 Å². The average Bonchev–Trinajstić information content (AvgIpc) is 2.95. The van der Waals surface area contributed by atoms with Crippen molar-refractivity contribution in [1.29, 1.82) is 0 Å². The lowest BCUT2D eigenvalue weighted by Gasteiger charge is -2.26. The first-order valence-electron chi connectivity index (χ1n) is 7.90. The molecule has 0 spiro atoms. The van der Waals surface area contributed by atoms with Crippen LogP contribution < -0.4 is 9.47 Å². The van der Waals surface area contributed by atoms with Gasteiger partial charge in [0.05, 0.1) is 18.4 Å². The van der Waals surface area contributed by atoms with E-state index in [2.05, 4.69) is 4.74 Å². The number of carbonyl (C=O) groups excluding carboxylic acids is 1. The fraction of sp³-hybridized carbons (Fsp3) is 0.278. The number of carbonyl (C=O) groups is 1. The zero-order valence-corrected chi connectivity index (χ0v) is 15.0. The largest absolute Gasteiger partial charge is 0.573 e. The van der Waals surface area contributed by atoms with E-state index in [9.17, 15) is 23.1 Å². The Kier molecular flexibility index (Phi) is 5.41. The third-order valence-corrected chi connectivity index (χ3v) is 5.21. The SMILES string of the molecule is COc1cccc(O)c1C1SCC(=O)N1Cc1ccc(OC(F)(F)F)cc1. The molecule has 1 aliphatic heterocycles. The second-order valence-electron chi connectivity index (χ2n) is 5.77. The van der Waals surface area contributed by atoms with Gasteiger partial charge in [-0.1, -0.05) is 18.2 Å². The van der Waals surface area contributed by atoms with Crippen LogP contribution >= 0.6 is 11.8 Å². The van der Waals surface area contributed by atoms with Crippen molar-refractivity contribution in [2.75, 3.05) is 12.9 Å². The minimum Gasteiger partial charge on any atom is -0.507 e. The second-order valence-corrected chi connectivity index (χ2v) is 6.84. The van der Waals surface area contributed by atoms with Gasteiger partial charge in [0, 0.05) is 6.54 Å². The number of rotatable bonds is 5. The van der Waals surface area contributed by atoms with E-state index in [0.29, 0.717) is 16.9 Å². The summed E-state index contributed by atoms with van der Waals surface area (Å²) >= 11 is 1.35. The van der Waals surface area contributed by atoms with Crippen molar-refractivity contribution in [3.63, 3.8) is 0 Å². The molecular formula is C18H16F3NO4S. The predicted octanol–water partition coefficient (Wildman–Crippen LogP) is 4.07. The lowest BCUT2D eigenvalue weighted by Crippen LogP contribution is -2.28. The molecule has 27 heavy (non-hydrogen) atoms. The summed E-state index contributed by atoms with van der Waals surface area (Å²) in [4.78, 5) is 13.9. The lowest BCUT2D eigenvalue weighted by atomic mass is 10.1. The van der Waals surface area contributed by atoms with Crippen LogP contribution in [-0.2, 0) is 11.3 Å². The minimum absolute atomic E-state index is 0.0143. The van der Waals surface area contributed by atoms with Crippen LogP contribution in [0.2, 0.25) is 0 Å². The molecule has 1 amide bonds. The first kappa shape index (κ1) is 19.2. The Hall–Kier alpha value is -2.55. The number of nitrogens with zero attached hydrogens (tertiary/aromatic N) is 1. The van der Waals surface area contributed by atoms with Crippen LogP contribution in [0.15, 0.2) is 42.5 Å². The molecule has 3 rings (SSSR count). The lowest BCUT2D eigenvalue weighted by molar-refractivity contribution is -0.274. The van der Waals surface area contributed by atoms with Gasteiger partial charge in [0.2, 0.25) is 5.91 Å². The number of phenolic OH excluding ortho intramolecular Hbond substituents is 1. The van der Waals surface area contributed by atoms with E-state index in [-0.39, 0.29) is 29.7 Å². The van der Waals surface area contributed by atoms with Gasteiger partial charge in [0.1, 0.15) is 22.6 Å². The maximum Gasteiger partial charge on any atom is 0.573 e. The number of aromatic hydroxyl groups is 1. The van der Waals surface area contributed by atoms with Crippen LogP contribution in [0.5, 0.6) is 17.2 Å². The topological polar surface area (TPSA) is 59.0 Å². The molecule has 0 saturated carbocycles. The fourth-order valence-electron chi connectivity index (χ4n) is 2.82. The van der Waals surface area contributed by atoms with Crippen molar-refractivity contribution in [3.05, 3.63) is 53.6 Å². The molecule has 5 nitrogen and oxygen atoms in total. The summed E-state index contributed by atoms with van der Waals surface area (Å²) in [5.74, 6) is 0.247. The first-order chi connectivity index (χ1) is 12.8. The summed E-state index contributed by atoms with van der Waals surface area (Å²) in [6.07, 6.45) is -4.75. The molecule has 0 aliphatic carbocycles. The van der Waals surface area contributed by atoms with Crippen LogP contribution in [0.3, 0.4) is 0 Å². The molecular weight excluding hydrogens is 383 g/mol. The number of hydrogen-bond donors (Lipinski definition) is 1. The van der Waals surface area contributed by atoms with Gasteiger partial charge in [0.25, 0.3) is 0 Å². The molecule has 1 saturated heterocycles. The highest BCUT2D eigenvalue weighted by Crippen LogP contribution is 2.46. The molecule has 0 radical (unpaired) electrons. The smallest absolute Gasteiger partial charge is 0.507 e. The quantitative estimate of drug-likeness (QED) is 0.821. The number of methoxy groups -OCH3 is 1. The van der Waals surface area contributed by atoms with E-state index >= 15 is 0 Å². The third-order valence-electron chi connectivity index (χ3n) is 3.99. The van der Waals surface area contributed by atoms with Gasteiger partial charge in [-0.3, -0.25) is 4.79 Å². The standard InChI is InChI=1S/C18H16F3NO4S/c1-25-14-4-2-3-13(23)16(14)17-22(15(24)10-27-17)9-11-5-7-12(8-6-11)26-18(19,20)21/h2-8,17,23H,9-10H2,1H3. The van der Waals surface area contributed by atoms with Crippen molar-refractivity contribution < 1.29 is 32.5 Å². The summed E-state index contributed by atoms with van der Waals surface area (Å²) in [6, 6.07) is 10.2. The fourth-order valence-corrected chi connectivity index (χ4v) is 4.06. The Morgan fingerprint density at radius 1 is 1.22 bits per heavy atom. The third kappa shape index (κ3) is 4.41. The summed E-state index contributed by atoms with van der Waals surface area (Å²) in [5.41, 5.74) is 1.13. The van der Waals surface area contributed by atoms with Gasteiger partial charge >= 0.3 is 6.36 Å². The molecule has 1 atom stereocenters. The summed E-state index contributed by atoms with van der Waals surface area (Å²) in [7, 11) is 1.48. The van der Waals surface area contributed by atoms with Crippen LogP contribution in [0.25, 0.3) is 0 Å². The number of ether oxygens (including phenoxy) is 2. The van der Waals surface area contributed by atoms with E-state index in [4.69, 9.17) is 4.74 Å². The van der Waals surface area contributed by atoms with Gasteiger partial charge in [-0.05, 0) is 29.8 Å². The second kappa shape index (κ2) is 7.59. The summed E-state index contributed by atoms with van der Waals surface area (Å²) in [6.45, 7) is 0.181. The zero-order valence-electron chi connectivity index (χ0n) is 14.2. The monoisotopic (exact) mass is 399 g/mol. The Balaban J connectivity index is 1.82. The molecule has 1 fully saturated rings. The molecule has 0 aromatic heterocycles. The number of hydrogen-bond acceptors (Lipinski definition) is 5. The number of thioether (sulfide) groups is 1. The molecule has 144 valence electrons. The number of halogens is 3. The van der Waals surface area contributed by atoms with Crippen LogP contribution in [0.4, 0.5) is 13.2 Å². The molecule has 1 N–H and O–H groups in total. The van der Waals surface area contributed by atoms with Crippen molar-refractivity contribution in [1.82, 2.24) is 4.90 Å². The Bertz CT molecular complexity index is 826. The molecule has 1 heterocycles. The number of amides is 1. The molecule has 2 aromatic rings. The van der Waals surface area contributed by atoms with E-state index in [0.717, 1.165) is 0 Å². The van der Waals surface area contributed by atoms with Crippen molar-refractivity contribution in [2.24, 2.45) is 0 Å². The maximum absolute atomic E-state index is 12.3. The van der Waals surface area contributed by atoms with Gasteiger partial charge in [-0.2, -0.15) is 0 Å². The first-order valence-corrected chi connectivity index (χ1v) is 8.95. The van der Waals surface area contributed by atoms with Crippen LogP contribution in [-0.4, -0.2) is 35.1 Å². The van der Waals surface area contributed by atoms with Gasteiger partial charge in [-0.25, -0.2) is 0 Å². The maximum atomic E-state index is 12.3. The van der Waals surface area contributed by atoms with Crippen LogP contribution in [0, 0.1) is 0 Å². The van der Waals surface area contributed by atoms with E-state index in [1.54, 1.807) is 17.0 Å². The summed E-state index contributed by atoms with van der Waals surface area (Å²) in [5, 5.41) is 9.78. The normalized spacial score (nSPS) is 17.3. The highest BCUT2D eigenvalue weighted by atomic mass is 32.2. The summed E-state index contributed by atoms with van der Waals surface area (Å²) < 4.78 is 45.9. The highest BCUT2D eigenvalue weighted by Gasteiger charge is 2.36. The highest BCUT2D eigenvalue weighted by molar-refractivity contribution is 8.00. The van der Waals surface area contributed by atoms with Gasteiger partial charge in [-0.15, -0.1) is 24.9 Å². The molecule has 0 bridgehead atoms. The van der Waals surface area contributed by atoms with E-state index in [1.807, 2.05) is 0 Å². The van der Waals surface area contributed by atoms with Gasteiger partial charge in [0.15, 0.2) is 0 Å². The van der Waals surface area contributed by atoms with Crippen molar-refractivity contribution in [3.8, 4) is 17.2 Å². The van der Waals surface area contributed by atoms with Crippen LogP contribution in [0.1, 0.15) is 16.5 Å². The number of benzene rings is 2. The minimum atomic E-state index is -4.75. The number of alkyl halides is 3. The van der Waals surface area contributed by atoms with Crippen molar-refractivity contribution >= 4 is 17.7 Å². The Morgan fingerprint density at radius 3 is 2.56 bits per heavy atom. The Labute approximate surface area is 157 Å². The zero-order chi connectivity index (χ0) is 19.6. The Morgan fingerprint density at radius 2 is 1.93 bits per heavy atom. The van der Waals surface area contributed by atoms with E-state index in [1.165, 1.54) is 49.2 Å². The predicted molar refractivity (Wildman–Crippen MR) is 93.5 cm³/mol.